The Hall–Kier alpha value is -1.56. The van der Waals surface area contributed by atoms with Gasteiger partial charge in [-0.25, -0.2) is 8.78 Å². The molecule has 100 valence electrons. The average Bonchev–Trinajstić information content (AvgIpc) is 3.12. The lowest BCUT2D eigenvalue weighted by Gasteiger charge is -2.01. The maximum atomic E-state index is 13.8. The second kappa shape index (κ2) is 4.52. The molecule has 1 aromatic heterocycles. The monoisotopic (exact) mass is 282 g/mol. The van der Waals surface area contributed by atoms with E-state index < -0.39 is 11.6 Å². The summed E-state index contributed by atoms with van der Waals surface area (Å²) in [6, 6.07) is 2.13. The van der Waals surface area contributed by atoms with Gasteiger partial charge in [-0.2, -0.15) is 4.99 Å². The molecule has 1 aromatic carbocycles. The van der Waals surface area contributed by atoms with Crippen molar-refractivity contribution in [1.82, 2.24) is 4.57 Å². The van der Waals surface area contributed by atoms with Crippen molar-refractivity contribution in [2.75, 3.05) is 0 Å². The molecule has 1 aliphatic carbocycles. The number of amides is 1. The summed E-state index contributed by atoms with van der Waals surface area (Å²) in [5.41, 5.74) is 0.316. The number of rotatable bonds is 2. The fraction of sp³-hybridized carbons (Fsp3) is 0.385. The van der Waals surface area contributed by atoms with E-state index in [9.17, 15) is 13.6 Å². The Kier molecular flexibility index (Phi) is 2.97. The van der Waals surface area contributed by atoms with Crippen LogP contribution < -0.4 is 4.80 Å². The smallest absolute Gasteiger partial charge is 0.251 e. The summed E-state index contributed by atoms with van der Waals surface area (Å²) >= 11 is 1.15. The van der Waals surface area contributed by atoms with Crippen molar-refractivity contribution in [3.05, 3.63) is 28.6 Å². The minimum atomic E-state index is -0.617. The van der Waals surface area contributed by atoms with E-state index in [2.05, 4.69) is 4.99 Å². The Labute approximate surface area is 112 Å². The number of benzene rings is 1. The molecule has 0 radical (unpaired) electrons. The van der Waals surface area contributed by atoms with Gasteiger partial charge < -0.3 is 4.57 Å². The fourth-order valence-electron chi connectivity index (χ4n) is 2.02. The highest BCUT2D eigenvalue weighted by molar-refractivity contribution is 7.16. The zero-order chi connectivity index (χ0) is 13.6. The van der Waals surface area contributed by atoms with Gasteiger partial charge in [0.05, 0.1) is 10.2 Å². The first-order valence-corrected chi connectivity index (χ1v) is 6.98. The van der Waals surface area contributed by atoms with Gasteiger partial charge in [-0.15, -0.1) is 0 Å². The number of hydrogen-bond donors (Lipinski definition) is 0. The molecule has 3 nitrogen and oxygen atoms in total. The number of aromatic nitrogens is 1. The molecule has 6 heteroatoms. The van der Waals surface area contributed by atoms with Crippen LogP contribution in [0, 0.1) is 17.6 Å². The van der Waals surface area contributed by atoms with Gasteiger partial charge in [-0.1, -0.05) is 11.3 Å². The minimum Gasteiger partial charge on any atom is -0.314 e. The quantitative estimate of drug-likeness (QED) is 0.834. The van der Waals surface area contributed by atoms with Crippen molar-refractivity contribution in [1.29, 1.82) is 0 Å². The van der Waals surface area contributed by atoms with Crippen molar-refractivity contribution in [2.45, 2.75) is 26.3 Å². The largest absolute Gasteiger partial charge is 0.314 e. The molecule has 19 heavy (non-hydrogen) atoms. The molecule has 1 fully saturated rings. The van der Waals surface area contributed by atoms with Crippen LogP contribution in [0.15, 0.2) is 17.1 Å². The average molecular weight is 282 g/mol. The summed E-state index contributed by atoms with van der Waals surface area (Å²) in [7, 11) is 0. The van der Waals surface area contributed by atoms with E-state index in [1.165, 1.54) is 6.07 Å². The number of nitrogens with zero attached hydrogens (tertiary/aromatic N) is 2. The molecule has 2 aromatic rings. The van der Waals surface area contributed by atoms with Gasteiger partial charge in [-0.3, -0.25) is 4.79 Å². The van der Waals surface area contributed by atoms with Gasteiger partial charge in [0.2, 0.25) is 0 Å². The molecule has 0 spiro atoms. The lowest BCUT2D eigenvalue weighted by atomic mass is 10.3. The lowest BCUT2D eigenvalue weighted by Crippen LogP contribution is -2.16. The number of thiazole rings is 1. The van der Waals surface area contributed by atoms with E-state index in [0.717, 1.165) is 30.2 Å². The highest BCUT2D eigenvalue weighted by Crippen LogP contribution is 2.30. The first-order valence-electron chi connectivity index (χ1n) is 6.17. The third-order valence-corrected chi connectivity index (χ3v) is 4.17. The second-order valence-corrected chi connectivity index (χ2v) is 5.60. The van der Waals surface area contributed by atoms with Crippen LogP contribution in [-0.4, -0.2) is 10.5 Å². The lowest BCUT2D eigenvalue weighted by molar-refractivity contribution is -0.119. The number of hydrogen-bond acceptors (Lipinski definition) is 2. The van der Waals surface area contributed by atoms with Crippen LogP contribution in [-0.2, 0) is 11.3 Å². The van der Waals surface area contributed by atoms with Crippen LogP contribution >= 0.6 is 11.3 Å². The van der Waals surface area contributed by atoms with Gasteiger partial charge in [0.15, 0.2) is 10.6 Å². The van der Waals surface area contributed by atoms with Gasteiger partial charge in [0.25, 0.3) is 5.91 Å². The first kappa shape index (κ1) is 12.5. The Balaban J connectivity index is 2.24. The van der Waals surface area contributed by atoms with E-state index >= 15 is 0 Å². The number of halogens is 2. The van der Waals surface area contributed by atoms with Crippen LogP contribution in [0.2, 0.25) is 0 Å². The topological polar surface area (TPSA) is 34.4 Å². The van der Waals surface area contributed by atoms with Crippen LogP contribution in [0.1, 0.15) is 19.8 Å². The summed E-state index contributed by atoms with van der Waals surface area (Å²) in [6.07, 6.45) is 1.75. The molecule has 3 rings (SSSR count). The van der Waals surface area contributed by atoms with E-state index in [0.29, 0.717) is 21.6 Å². The third kappa shape index (κ3) is 2.20. The fourth-order valence-corrected chi connectivity index (χ4v) is 3.16. The summed E-state index contributed by atoms with van der Waals surface area (Å²) < 4.78 is 29.1. The summed E-state index contributed by atoms with van der Waals surface area (Å²) in [5.74, 6) is -1.37. The van der Waals surface area contributed by atoms with Crippen LogP contribution in [0.25, 0.3) is 10.2 Å². The standard InChI is InChI=1S/C13H12F2N2OS/c1-2-17-11-9(15)5-8(14)6-10(11)19-13(17)16-12(18)7-3-4-7/h5-7H,2-4H2,1H3. The molecule has 0 bridgehead atoms. The van der Waals surface area contributed by atoms with Crippen LogP contribution in [0.5, 0.6) is 0 Å². The van der Waals surface area contributed by atoms with Gasteiger partial charge in [-0.05, 0) is 25.8 Å². The number of carbonyl (C=O) groups is 1. The summed E-state index contributed by atoms with van der Waals surface area (Å²) in [4.78, 5) is 16.2. The molecule has 0 saturated heterocycles. The first-order chi connectivity index (χ1) is 9.10. The zero-order valence-corrected chi connectivity index (χ0v) is 11.1. The molecule has 1 heterocycles. The molecule has 1 aliphatic rings. The molecule has 1 amide bonds. The highest BCUT2D eigenvalue weighted by Gasteiger charge is 2.29. The number of fused-ring (bicyclic) bond motifs is 1. The predicted octanol–water partition coefficient (Wildman–Crippen LogP) is 2.84. The van der Waals surface area contributed by atoms with Crippen molar-refractivity contribution >= 4 is 27.5 Å². The minimum absolute atomic E-state index is 0.0251. The Morgan fingerprint density at radius 2 is 2.21 bits per heavy atom. The molecular weight excluding hydrogens is 270 g/mol. The normalized spacial score (nSPS) is 16.3. The Morgan fingerprint density at radius 1 is 1.47 bits per heavy atom. The van der Waals surface area contributed by atoms with Gasteiger partial charge in [0.1, 0.15) is 5.82 Å². The van der Waals surface area contributed by atoms with Gasteiger partial charge >= 0.3 is 0 Å². The Morgan fingerprint density at radius 3 is 2.84 bits per heavy atom. The second-order valence-electron chi connectivity index (χ2n) is 4.59. The molecule has 1 saturated carbocycles. The molecule has 0 N–H and O–H groups in total. The van der Waals surface area contributed by atoms with Crippen molar-refractivity contribution in [3.8, 4) is 0 Å². The molecule has 0 unspecified atom stereocenters. The number of carbonyl (C=O) groups excluding carboxylic acids is 1. The third-order valence-electron chi connectivity index (χ3n) is 3.14. The zero-order valence-electron chi connectivity index (χ0n) is 10.3. The molecular formula is C13H12F2N2OS. The SMILES string of the molecule is CCn1c(=NC(=O)C2CC2)sc2cc(F)cc(F)c21. The van der Waals surface area contributed by atoms with Crippen molar-refractivity contribution < 1.29 is 13.6 Å². The summed E-state index contributed by atoms with van der Waals surface area (Å²) in [6.45, 7) is 2.33. The predicted molar refractivity (Wildman–Crippen MR) is 68.7 cm³/mol. The number of aryl methyl sites for hydroxylation is 1. The molecule has 0 atom stereocenters. The van der Waals surface area contributed by atoms with Crippen molar-refractivity contribution in [3.63, 3.8) is 0 Å². The van der Waals surface area contributed by atoms with Crippen LogP contribution in [0.3, 0.4) is 0 Å². The van der Waals surface area contributed by atoms with E-state index in [4.69, 9.17) is 0 Å². The summed E-state index contributed by atoms with van der Waals surface area (Å²) in [5, 5.41) is 0. The molecule has 0 aliphatic heterocycles. The Bertz CT molecular complexity index is 728. The van der Waals surface area contributed by atoms with E-state index in [1.807, 2.05) is 6.92 Å². The maximum absolute atomic E-state index is 13.8. The van der Waals surface area contributed by atoms with E-state index in [-0.39, 0.29) is 11.8 Å². The van der Waals surface area contributed by atoms with Gasteiger partial charge in [0, 0.05) is 18.5 Å². The highest BCUT2D eigenvalue weighted by atomic mass is 32.1. The van der Waals surface area contributed by atoms with E-state index in [1.54, 1.807) is 4.57 Å². The van der Waals surface area contributed by atoms with Crippen LogP contribution in [0.4, 0.5) is 8.78 Å². The van der Waals surface area contributed by atoms with Crippen molar-refractivity contribution in [2.24, 2.45) is 10.9 Å². The maximum Gasteiger partial charge on any atom is 0.251 e.